The van der Waals surface area contributed by atoms with Gasteiger partial charge in [-0.25, -0.2) is 0 Å². The zero-order chi connectivity index (χ0) is 13.8. The van der Waals surface area contributed by atoms with Crippen LogP contribution in [0.25, 0.3) is 0 Å². The Balaban J connectivity index is 2.02. The molecule has 0 atom stereocenters. The molecular formula is C17H19NO. The summed E-state index contributed by atoms with van der Waals surface area (Å²) in [6, 6.07) is 13.9. The van der Waals surface area contributed by atoms with Crippen LogP contribution in [-0.2, 0) is 6.54 Å². The third-order valence-corrected chi connectivity index (χ3v) is 3.30. The second-order valence-electron chi connectivity index (χ2n) is 4.97. The van der Waals surface area contributed by atoms with Gasteiger partial charge in [-0.3, -0.25) is 4.79 Å². The highest BCUT2D eigenvalue weighted by Crippen LogP contribution is 2.10. The maximum Gasteiger partial charge on any atom is 0.251 e. The summed E-state index contributed by atoms with van der Waals surface area (Å²) in [6.07, 6.45) is 0. The predicted octanol–water partition coefficient (Wildman–Crippen LogP) is 3.54. The molecule has 0 aromatic heterocycles. The van der Waals surface area contributed by atoms with Gasteiger partial charge in [0.05, 0.1) is 0 Å². The SMILES string of the molecule is Cc1cccc(C(=O)NCc2ccc(C)c(C)c2)c1. The van der Waals surface area contributed by atoms with Gasteiger partial charge in [0.2, 0.25) is 0 Å². The number of benzene rings is 2. The summed E-state index contributed by atoms with van der Waals surface area (Å²) in [5.41, 5.74) is 5.46. The number of hydrogen-bond acceptors (Lipinski definition) is 1. The van der Waals surface area contributed by atoms with Crippen LogP contribution in [0.2, 0.25) is 0 Å². The summed E-state index contributed by atoms with van der Waals surface area (Å²) >= 11 is 0. The molecule has 0 aliphatic heterocycles. The van der Waals surface area contributed by atoms with E-state index in [9.17, 15) is 4.79 Å². The number of rotatable bonds is 3. The van der Waals surface area contributed by atoms with Gasteiger partial charge < -0.3 is 5.32 Å². The average molecular weight is 253 g/mol. The topological polar surface area (TPSA) is 29.1 Å². The van der Waals surface area contributed by atoms with Crippen LogP contribution >= 0.6 is 0 Å². The summed E-state index contributed by atoms with van der Waals surface area (Å²) in [6.45, 7) is 6.72. The van der Waals surface area contributed by atoms with E-state index in [4.69, 9.17) is 0 Å². The van der Waals surface area contributed by atoms with Crippen molar-refractivity contribution in [2.75, 3.05) is 0 Å². The summed E-state index contributed by atoms with van der Waals surface area (Å²) in [4.78, 5) is 12.0. The maximum absolute atomic E-state index is 12.0. The zero-order valence-corrected chi connectivity index (χ0v) is 11.7. The molecule has 2 aromatic rings. The molecule has 1 N–H and O–H groups in total. The van der Waals surface area contributed by atoms with Gasteiger partial charge in [0, 0.05) is 12.1 Å². The smallest absolute Gasteiger partial charge is 0.251 e. The Morgan fingerprint density at radius 2 is 1.79 bits per heavy atom. The molecule has 0 fully saturated rings. The number of carbonyl (C=O) groups excluding carboxylic acids is 1. The van der Waals surface area contributed by atoms with Crippen molar-refractivity contribution in [3.63, 3.8) is 0 Å². The average Bonchev–Trinajstić information content (AvgIpc) is 2.40. The lowest BCUT2D eigenvalue weighted by Gasteiger charge is -2.08. The van der Waals surface area contributed by atoms with Crippen molar-refractivity contribution in [3.8, 4) is 0 Å². The lowest BCUT2D eigenvalue weighted by atomic mass is 10.1. The quantitative estimate of drug-likeness (QED) is 0.890. The summed E-state index contributed by atoms with van der Waals surface area (Å²) in [5.74, 6) is -0.0260. The van der Waals surface area contributed by atoms with Crippen molar-refractivity contribution in [1.82, 2.24) is 5.32 Å². The standard InChI is InChI=1S/C17H19NO/c1-12-5-4-6-16(9-12)17(19)18-11-15-8-7-13(2)14(3)10-15/h4-10H,11H2,1-3H3,(H,18,19). The molecule has 2 aromatic carbocycles. The Kier molecular flexibility index (Phi) is 4.00. The first kappa shape index (κ1) is 13.3. The van der Waals surface area contributed by atoms with Gasteiger partial charge >= 0.3 is 0 Å². The van der Waals surface area contributed by atoms with Crippen LogP contribution in [0.3, 0.4) is 0 Å². The number of amides is 1. The molecule has 0 aliphatic rings. The van der Waals surface area contributed by atoms with Gasteiger partial charge in [0.1, 0.15) is 0 Å². The van der Waals surface area contributed by atoms with E-state index in [0.29, 0.717) is 12.1 Å². The molecule has 2 nitrogen and oxygen atoms in total. The van der Waals surface area contributed by atoms with Crippen LogP contribution in [-0.4, -0.2) is 5.91 Å². The third kappa shape index (κ3) is 3.44. The minimum absolute atomic E-state index is 0.0260. The van der Waals surface area contributed by atoms with Gasteiger partial charge in [0.15, 0.2) is 0 Å². The first-order valence-electron chi connectivity index (χ1n) is 6.47. The molecule has 2 heteroatoms. The van der Waals surface area contributed by atoms with Crippen LogP contribution < -0.4 is 5.32 Å². The molecule has 0 bridgehead atoms. The molecule has 0 aliphatic carbocycles. The Labute approximate surface area is 114 Å². The minimum Gasteiger partial charge on any atom is -0.348 e. The fourth-order valence-corrected chi connectivity index (χ4v) is 1.98. The van der Waals surface area contributed by atoms with E-state index in [1.165, 1.54) is 11.1 Å². The van der Waals surface area contributed by atoms with Crippen molar-refractivity contribution >= 4 is 5.91 Å². The van der Waals surface area contributed by atoms with E-state index in [-0.39, 0.29) is 5.91 Å². The third-order valence-electron chi connectivity index (χ3n) is 3.30. The maximum atomic E-state index is 12.0. The summed E-state index contributed by atoms with van der Waals surface area (Å²) in [5, 5.41) is 2.95. The van der Waals surface area contributed by atoms with Crippen LogP contribution in [0.15, 0.2) is 42.5 Å². The second kappa shape index (κ2) is 5.70. The molecule has 1 amide bonds. The van der Waals surface area contributed by atoms with Crippen molar-refractivity contribution in [1.29, 1.82) is 0 Å². The van der Waals surface area contributed by atoms with E-state index in [2.05, 4.69) is 37.4 Å². The van der Waals surface area contributed by atoms with E-state index in [1.54, 1.807) is 0 Å². The lowest BCUT2D eigenvalue weighted by Crippen LogP contribution is -2.22. The molecule has 2 rings (SSSR count). The van der Waals surface area contributed by atoms with E-state index in [1.807, 2.05) is 31.2 Å². The molecule has 0 saturated carbocycles. The van der Waals surface area contributed by atoms with Gasteiger partial charge in [-0.05, 0) is 49.6 Å². The van der Waals surface area contributed by atoms with Crippen molar-refractivity contribution in [2.24, 2.45) is 0 Å². The molecule has 0 radical (unpaired) electrons. The number of aryl methyl sites for hydroxylation is 3. The van der Waals surface area contributed by atoms with Gasteiger partial charge in [-0.2, -0.15) is 0 Å². The molecule has 0 unspecified atom stereocenters. The molecule has 0 saturated heterocycles. The molecule has 0 spiro atoms. The fourth-order valence-electron chi connectivity index (χ4n) is 1.98. The van der Waals surface area contributed by atoms with Crippen molar-refractivity contribution < 1.29 is 4.79 Å². The fraction of sp³-hybridized carbons (Fsp3) is 0.235. The van der Waals surface area contributed by atoms with Crippen LogP contribution in [0, 0.1) is 20.8 Å². The Bertz CT molecular complexity index is 602. The summed E-state index contributed by atoms with van der Waals surface area (Å²) in [7, 11) is 0. The largest absolute Gasteiger partial charge is 0.348 e. The number of carbonyl (C=O) groups is 1. The summed E-state index contributed by atoms with van der Waals surface area (Å²) < 4.78 is 0. The monoisotopic (exact) mass is 253 g/mol. The Morgan fingerprint density at radius 3 is 2.47 bits per heavy atom. The first-order chi connectivity index (χ1) is 9.06. The highest BCUT2D eigenvalue weighted by Gasteiger charge is 2.05. The van der Waals surface area contributed by atoms with Gasteiger partial charge in [-0.15, -0.1) is 0 Å². The first-order valence-corrected chi connectivity index (χ1v) is 6.47. The predicted molar refractivity (Wildman–Crippen MR) is 78.3 cm³/mol. The Hall–Kier alpha value is -2.09. The van der Waals surface area contributed by atoms with E-state index in [0.717, 1.165) is 11.1 Å². The van der Waals surface area contributed by atoms with Crippen molar-refractivity contribution in [2.45, 2.75) is 27.3 Å². The second-order valence-corrected chi connectivity index (χ2v) is 4.97. The Morgan fingerprint density at radius 1 is 1.00 bits per heavy atom. The lowest BCUT2D eigenvalue weighted by molar-refractivity contribution is 0.0951. The van der Waals surface area contributed by atoms with Crippen LogP contribution in [0.5, 0.6) is 0 Å². The van der Waals surface area contributed by atoms with E-state index < -0.39 is 0 Å². The molecular weight excluding hydrogens is 234 g/mol. The highest BCUT2D eigenvalue weighted by atomic mass is 16.1. The van der Waals surface area contributed by atoms with Crippen LogP contribution in [0.4, 0.5) is 0 Å². The molecule has 0 heterocycles. The van der Waals surface area contributed by atoms with Gasteiger partial charge in [-0.1, -0.05) is 35.9 Å². The number of nitrogens with one attached hydrogen (secondary N) is 1. The normalized spacial score (nSPS) is 10.3. The zero-order valence-electron chi connectivity index (χ0n) is 11.7. The van der Waals surface area contributed by atoms with Crippen LogP contribution in [0.1, 0.15) is 32.6 Å². The molecule has 19 heavy (non-hydrogen) atoms. The highest BCUT2D eigenvalue weighted by molar-refractivity contribution is 5.94. The molecule has 98 valence electrons. The number of hydrogen-bond donors (Lipinski definition) is 1. The van der Waals surface area contributed by atoms with Crippen molar-refractivity contribution in [3.05, 3.63) is 70.3 Å². The van der Waals surface area contributed by atoms with Gasteiger partial charge in [0.25, 0.3) is 5.91 Å². The van der Waals surface area contributed by atoms with E-state index >= 15 is 0 Å². The minimum atomic E-state index is -0.0260.